The summed E-state index contributed by atoms with van der Waals surface area (Å²) in [4.78, 5) is 132. The van der Waals surface area contributed by atoms with E-state index in [2.05, 4.69) is 49.0 Å². The van der Waals surface area contributed by atoms with Crippen LogP contribution in [0.3, 0.4) is 0 Å². The zero-order chi connectivity index (χ0) is 76.7. The van der Waals surface area contributed by atoms with Gasteiger partial charge in [-0.2, -0.15) is 0 Å². The maximum Gasteiger partial charge on any atom is 0.470 e. The largest absolute Gasteiger partial charge is 0.481 e. The van der Waals surface area contributed by atoms with Crippen molar-refractivity contribution in [2.24, 2.45) is 10.8 Å². The third kappa shape index (κ3) is 35.0. The molecular formula is C76H139N4O22P. The Hall–Kier alpha value is -4.37. The molecule has 11 N–H and O–H groups in total. The number of phosphoric acid groups is 1. The van der Waals surface area contributed by atoms with E-state index in [4.69, 9.17) is 28.2 Å². The number of phosphoric ester groups is 1. The van der Waals surface area contributed by atoms with E-state index < -0.39 is 153 Å². The summed E-state index contributed by atoms with van der Waals surface area (Å²) in [7, 11) is -5.62. The van der Waals surface area contributed by atoms with Crippen molar-refractivity contribution in [1.29, 1.82) is 0 Å². The maximum absolute atomic E-state index is 14.6. The molecule has 600 valence electrons. The van der Waals surface area contributed by atoms with Crippen molar-refractivity contribution in [3.05, 3.63) is 0 Å². The molecule has 0 bridgehead atoms. The molecule has 27 heteroatoms. The van der Waals surface area contributed by atoms with Crippen molar-refractivity contribution < 1.29 is 106 Å². The number of rotatable bonds is 62. The van der Waals surface area contributed by atoms with Gasteiger partial charge in [-0.3, -0.25) is 42.9 Å². The van der Waals surface area contributed by atoms with E-state index >= 15 is 0 Å². The molecule has 2 aliphatic rings. The van der Waals surface area contributed by atoms with Crippen LogP contribution in [-0.2, 0) is 71.1 Å². The van der Waals surface area contributed by atoms with Crippen LogP contribution in [0.1, 0.15) is 338 Å². The molecule has 2 saturated heterocycles. The third-order valence-electron chi connectivity index (χ3n) is 20.5. The molecule has 2 heterocycles. The van der Waals surface area contributed by atoms with Gasteiger partial charge in [0.25, 0.3) is 0 Å². The highest BCUT2D eigenvalue weighted by Gasteiger charge is 2.76. The van der Waals surface area contributed by atoms with Crippen LogP contribution in [0.25, 0.3) is 0 Å². The van der Waals surface area contributed by atoms with Crippen molar-refractivity contribution in [3.63, 3.8) is 0 Å². The zero-order valence-corrected chi connectivity index (χ0v) is 65.2. The Balaban J connectivity index is 2.79. The van der Waals surface area contributed by atoms with E-state index in [1.54, 1.807) is 0 Å². The quantitative estimate of drug-likeness (QED) is 0.0153. The number of hydrogen-bond acceptors (Lipinski definition) is 18. The number of ether oxygens (including phenoxy) is 5. The molecule has 2 rings (SSSR count). The van der Waals surface area contributed by atoms with Crippen LogP contribution in [0.5, 0.6) is 0 Å². The first-order chi connectivity index (χ1) is 49.0. The number of carbonyl (C=O) groups is 8. The molecule has 0 unspecified atom stereocenters. The molecule has 4 amide bonds. The van der Waals surface area contributed by atoms with Crippen LogP contribution < -0.4 is 21.3 Å². The van der Waals surface area contributed by atoms with E-state index in [0.717, 1.165) is 214 Å². The van der Waals surface area contributed by atoms with Crippen LogP contribution in [0, 0.1) is 10.8 Å². The average molecular weight is 1490 g/mol. The zero-order valence-electron chi connectivity index (χ0n) is 64.3. The summed E-state index contributed by atoms with van der Waals surface area (Å²) >= 11 is 0. The van der Waals surface area contributed by atoms with Crippen LogP contribution >= 0.6 is 7.82 Å². The van der Waals surface area contributed by atoms with Crippen molar-refractivity contribution >= 4 is 55.3 Å². The highest BCUT2D eigenvalue weighted by molar-refractivity contribution is 7.46. The summed E-state index contributed by atoms with van der Waals surface area (Å²) in [6.07, 6.45) is 25.1. The van der Waals surface area contributed by atoms with Crippen molar-refractivity contribution in [2.45, 2.75) is 398 Å². The second-order valence-corrected chi connectivity index (χ2v) is 31.1. The second kappa shape index (κ2) is 52.6. The number of aliphatic hydroxyl groups is 3. The van der Waals surface area contributed by atoms with Crippen molar-refractivity contribution in [1.82, 2.24) is 21.3 Å². The molecule has 0 aromatic rings. The third-order valence-corrected chi connectivity index (χ3v) is 21.0. The summed E-state index contributed by atoms with van der Waals surface area (Å²) in [5.41, 5.74) is -8.52. The standard InChI is InChI=1S/C76H139N4O22P/c1-9-13-17-21-25-29-31-35-39-43-47-51-61(84)79-65-67(99-63(86)53-77-59(82)49-45-41-37-33-27-23-19-15-11-3)66(102-103(94,95)96)57(55-81)98-69(65)97-56-58-68(88)75(73(5,6)71(89)90,101-64(87)54-78-60(83)50-46-42-38-34-28-24-20-16-12-4)70(76(93,100-58)74(7,8)72(91)92)80-62(85)52-48-44-40-36-32-30-26-22-18-14-10-2/h57-58,65-70,81,88,93H,9-56H2,1-8H3,(H,77,82)(H,78,83)(H,79,84)(H,80,85)(H,89,90)(H,91,92)(H2,94,95,96)/t57-,58-,65-,66-,67-,68-,69-,70-,75+,76-/m1/s1. The van der Waals surface area contributed by atoms with Gasteiger partial charge in [-0.15, -0.1) is 0 Å². The number of unbranched alkanes of at least 4 members (excludes halogenated alkanes) is 36. The SMILES string of the molecule is CCCCCCCCCCCCCC(=O)N[C@H]1[C@H](OC[C@H]2O[C@@](O)(C(C)(C)C(=O)O)[C@H](NC(=O)CCCCCCCCCCCCC)[C@](OC(=O)CNC(=O)CCCCCCCCCCC)(C(C)(C)C(=O)O)[C@@H]2O)O[C@H](CO)[C@@H](OP(=O)(O)O)[C@@H]1OC(=O)CNC(=O)CCCCCCCCCCC. The summed E-state index contributed by atoms with van der Waals surface area (Å²) in [5, 5.41) is 70.0. The van der Waals surface area contributed by atoms with Gasteiger partial charge in [0, 0.05) is 25.7 Å². The Morgan fingerprint density at radius 2 is 0.806 bits per heavy atom. The highest BCUT2D eigenvalue weighted by atomic mass is 31.2. The number of carbonyl (C=O) groups excluding carboxylic acids is 6. The van der Waals surface area contributed by atoms with Crippen LogP contribution in [-0.4, -0.2) is 169 Å². The van der Waals surface area contributed by atoms with Crippen LogP contribution in [0.2, 0.25) is 0 Å². The number of hydrogen-bond donors (Lipinski definition) is 11. The lowest BCUT2D eigenvalue weighted by atomic mass is 9.59. The molecule has 2 fully saturated rings. The highest BCUT2D eigenvalue weighted by Crippen LogP contribution is 2.54. The van der Waals surface area contributed by atoms with Gasteiger partial charge in [-0.1, -0.05) is 259 Å². The lowest BCUT2D eigenvalue weighted by Gasteiger charge is -2.61. The minimum Gasteiger partial charge on any atom is -0.481 e. The molecule has 0 aromatic carbocycles. The Morgan fingerprint density at radius 1 is 0.466 bits per heavy atom. The van der Waals surface area contributed by atoms with Crippen LogP contribution in [0.15, 0.2) is 0 Å². The van der Waals surface area contributed by atoms with E-state index in [0.29, 0.717) is 32.1 Å². The predicted molar refractivity (Wildman–Crippen MR) is 392 cm³/mol. The topological polar surface area (TPSA) is 399 Å². The number of nitrogens with one attached hydrogen (secondary N) is 4. The molecule has 0 spiro atoms. The number of amides is 4. The second-order valence-electron chi connectivity index (χ2n) is 29.9. The average Bonchev–Trinajstić information content (AvgIpc) is 0.691. The smallest absolute Gasteiger partial charge is 0.470 e. The fourth-order valence-corrected chi connectivity index (χ4v) is 14.3. The predicted octanol–water partition coefficient (Wildman–Crippen LogP) is 12.5. The number of aliphatic hydroxyl groups excluding tert-OH is 2. The minimum atomic E-state index is -5.62. The summed E-state index contributed by atoms with van der Waals surface area (Å²) < 4.78 is 48.8. The molecule has 0 aliphatic carbocycles. The van der Waals surface area contributed by atoms with E-state index in [1.807, 2.05) is 0 Å². The van der Waals surface area contributed by atoms with E-state index in [1.165, 1.54) is 32.1 Å². The number of esters is 2. The first kappa shape index (κ1) is 94.7. The van der Waals surface area contributed by atoms with Gasteiger partial charge >= 0.3 is 31.7 Å². The lowest BCUT2D eigenvalue weighted by molar-refractivity contribution is -0.390. The molecular weight excluding hydrogens is 1350 g/mol. The summed E-state index contributed by atoms with van der Waals surface area (Å²) in [5.74, 6) is -12.3. The number of carboxylic acids is 2. The molecule has 26 nitrogen and oxygen atoms in total. The van der Waals surface area contributed by atoms with Gasteiger partial charge in [-0.05, 0) is 53.4 Å². The lowest BCUT2D eigenvalue weighted by Crippen LogP contribution is -2.85. The fourth-order valence-electron chi connectivity index (χ4n) is 13.7. The molecule has 103 heavy (non-hydrogen) atoms. The number of carboxylic acid groups (broad SMARTS) is 2. The number of aliphatic carboxylic acids is 2. The van der Waals surface area contributed by atoms with Gasteiger partial charge in [0.2, 0.25) is 29.4 Å². The first-order valence-corrected chi connectivity index (χ1v) is 41.3. The Kier molecular flexibility index (Phi) is 48.4. The van der Waals surface area contributed by atoms with Crippen molar-refractivity contribution in [3.8, 4) is 0 Å². The molecule has 0 radical (unpaired) electrons. The summed E-state index contributed by atoms with van der Waals surface area (Å²) in [6, 6.07) is -4.35. The minimum absolute atomic E-state index is 0.00153. The fraction of sp³-hybridized carbons (Fsp3) is 0.895. The van der Waals surface area contributed by atoms with E-state index in [-0.39, 0.29) is 32.1 Å². The van der Waals surface area contributed by atoms with Gasteiger partial charge in [0.05, 0.1) is 13.2 Å². The molecule has 2 aliphatic heterocycles. The monoisotopic (exact) mass is 1490 g/mol. The normalized spacial score (nSPS) is 22.3. The van der Waals surface area contributed by atoms with Gasteiger partial charge in [0.15, 0.2) is 18.0 Å². The van der Waals surface area contributed by atoms with Gasteiger partial charge in [0.1, 0.15) is 60.4 Å². The Labute approximate surface area is 615 Å². The maximum atomic E-state index is 14.6. The van der Waals surface area contributed by atoms with Crippen molar-refractivity contribution in [2.75, 3.05) is 26.3 Å². The first-order valence-electron chi connectivity index (χ1n) is 39.7. The van der Waals surface area contributed by atoms with Gasteiger partial charge in [-0.25, -0.2) is 4.57 Å². The molecule has 10 atom stereocenters. The van der Waals surface area contributed by atoms with E-state index in [9.17, 15) is 78.2 Å². The van der Waals surface area contributed by atoms with Gasteiger partial charge < -0.3 is 80.3 Å². The molecule has 0 saturated carbocycles. The Morgan fingerprint density at radius 3 is 1.16 bits per heavy atom. The summed E-state index contributed by atoms with van der Waals surface area (Å²) in [6.45, 7) is 8.56. The Bertz CT molecular complexity index is 2470. The van der Waals surface area contributed by atoms with Crippen LogP contribution in [0.4, 0.5) is 0 Å². The molecule has 0 aromatic heterocycles.